The number of benzene rings is 1. The lowest BCUT2D eigenvalue weighted by Crippen LogP contribution is -2.14. The Morgan fingerprint density at radius 2 is 2.13 bits per heavy atom. The fourth-order valence-electron chi connectivity index (χ4n) is 2.42. The number of ether oxygens (including phenoxy) is 2. The van der Waals surface area contributed by atoms with Crippen molar-refractivity contribution in [2.75, 3.05) is 20.8 Å². The predicted octanol–water partition coefficient (Wildman–Crippen LogP) is 3.20. The highest BCUT2D eigenvalue weighted by Gasteiger charge is 2.29. The van der Waals surface area contributed by atoms with Crippen molar-refractivity contribution in [1.29, 1.82) is 0 Å². The van der Waals surface area contributed by atoms with Crippen molar-refractivity contribution in [3.8, 4) is 22.9 Å². The third-order valence-electron chi connectivity index (χ3n) is 3.51. The fourth-order valence-corrected chi connectivity index (χ4v) is 2.71. The standard InChI is InChI=1S/C14H15ClFN3O3.ClH/c1-20-11-4-7(3-9(15)12(11)21-2)13-18-14(22-19-13)10-5-8(16)6-17-10;/h3-4,8,10,17H,5-6H2,1-2H3;1H/t8-,10+;/m0./s1. The molecule has 2 atom stereocenters. The molecule has 2 heterocycles. The van der Waals surface area contributed by atoms with Gasteiger partial charge in [-0.05, 0) is 12.1 Å². The first-order valence-corrected chi connectivity index (χ1v) is 7.13. The number of hydrogen-bond acceptors (Lipinski definition) is 6. The SMILES string of the molecule is COc1cc(-c2noc([C@H]3C[C@H](F)CN3)n2)cc(Cl)c1OC.Cl. The molecule has 1 fully saturated rings. The first-order chi connectivity index (χ1) is 10.6. The molecule has 0 saturated carbocycles. The second kappa shape index (κ2) is 7.33. The maximum Gasteiger partial charge on any atom is 0.244 e. The molecular weight excluding hydrogens is 348 g/mol. The molecule has 0 bridgehead atoms. The van der Waals surface area contributed by atoms with Gasteiger partial charge in [-0.1, -0.05) is 16.8 Å². The molecule has 1 aromatic carbocycles. The molecule has 1 aliphatic rings. The van der Waals surface area contributed by atoms with Gasteiger partial charge < -0.3 is 19.3 Å². The lowest BCUT2D eigenvalue weighted by molar-refractivity contribution is 0.324. The molecule has 1 aromatic heterocycles. The Balaban J connectivity index is 0.00000192. The molecule has 3 rings (SSSR count). The molecule has 23 heavy (non-hydrogen) atoms. The minimum atomic E-state index is -0.893. The number of rotatable bonds is 4. The molecule has 1 aliphatic heterocycles. The van der Waals surface area contributed by atoms with Gasteiger partial charge in [0.2, 0.25) is 11.7 Å². The van der Waals surface area contributed by atoms with Crippen LogP contribution in [0.5, 0.6) is 11.5 Å². The zero-order valence-electron chi connectivity index (χ0n) is 12.5. The molecule has 0 spiro atoms. The summed E-state index contributed by atoms with van der Waals surface area (Å²) in [5.41, 5.74) is 0.632. The van der Waals surface area contributed by atoms with Crippen molar-refractivity contribution in [3.63, 3.8) is 0 Å². The zero-order valence-corrected chi connectivity index (χ0v) is 14.1. The van der Waals surface area contributed by atoms with Gasteiger partial charge in [0.05, 0.1) is 25.3 Å². The Morgan fingerprint density at radius 3 is 2.74 bits per heavy atom. The summed E-state index contributed by atoms with van der Waals surface area (Å²) in [7, 11) is 3.03. The number of aromatic nitrogens is 2. The van der Waals surface area contributed by atoms with Crippen molar-refractivity contribution in [2.24, 2.45) is 0 Å². The predicted molar refractivity (Wildman–Crippen MR) is 85.4 cm³/mol. The summed E-state index contributed by atoms with van der Waals surface area (Å²) in [6.45, 7) is 0.296. The third-order valence-corrected chi connectivity index (χ3v) is 3.79. The van der Waals surface area contributed by atoms with Gasteiger partial charge in [-0.2, -0.15) is 4.98 Å². The van der Waals surface area contributed by atoms with Crippen LogP contribution < -0.4 is 14.8 Å². The highest BCUT2D eigenvalue weighted by atomic mass is 35.5. The zero-order chi connectivity index (χ0) is 15.7. The van der Waals surface area contributed by atoms with Gasteiger partial charge in [0, 0.05) is 18.5 Å². The van der Waals surface area contributed by atoms with E-state index in [1.807, 2.05) is 0 Å². The molecule has 1 saturated heterocycles. The molecular formula is C14H16Cl2FN3O3. The quantitative estimate of drug-likeness (QED) is 0.899. The molecule has 6 nitrogen and oxygen atoms in total. The van der Waals surface area contributed by atoms with Crippen molar-refractivity contribution < 1.29 is 18.4 Å². The van der Waals surface area contributed by atoms with E-state index in [9.17, 15) is 4.39 Å². The van der Waals surface area contributed by atoms with Gasteiger partial charge in [-0.25, -0.2) is 4.39 Å². The van der Waals surface area contributed by atoms with E-state index in [-0.39, 0.29) is 18.4 Å². The summed E-state index contributed by atoms with van der Waals surface area (Å²) in [6.07, 6.45) is -0.565. The van der Waals surface area contributed by atoms with Gasteiger partial charge in [0.25, 0.3) is 0 Å². The van der Waals surface area contributed by atoms with Gasteiger partial charge in [-0.3, -0.25) is 0 Å². The molecule has 0 unspecified atom stereocenters. The Labute approximate surface area is 143 Å². The van der Waals surface area contributed by atoms with E-state index in [4.69, 9.17) is 25.6 Å². The molecule has 0 aliphatic carbocycles. The van der Waals surface area contributed by atoms with Crippen LogP contribution >= 0.6 is 24.0 Å². The summed E-state index contributed by atoms with van der Waals surface area (Å²) in [4.78, 5) is 4.31. The average molecular weight is 364 g/mol. The van der Waals surface area contributed by atoms with Crippen LogP contribution in [0.15, 0.2) is 16.7 Å². The number of halogens is 3. The molecule has 1 N–H and O–H groups in total. The van der Waals surface area contributed by atoms with Crippen LogP contribution in [0.2, 0.25) is 5.02 Å². The number of alkyl halides is 1. The minimum absolute atomic E-state index is 0. The number of methoxy groups -OCH3 is 2. The number of hydrogen-bond donors (Lipinski definition) is 1. The second-order valence-corrected chi connectivity index (χ2v) is 5.35. The fraction of sp³-hybridized carbons (Fsp3) is 0.429. The van der Waals surface area contributed by atoms with Crippen LogP contribution in [0.25, 0.3) is 11.4 Å². The summed E-state index contributed by atoms with van der Waals surface area (Å²) in [5, 5.41) is 7.30. The van der Waals surface area contributed by atoms with Gasteiger partial charge >= 0.3 is 0 Å². The Morgan fingerprint density at radius 1 is 1.35 bits per heavy atom. The van der Waals surface area contributed by atoms with E-state index in [0.717, 1.165) is 0 Å². The number of nitrogens with one attached hydrogen (secondary N) is 1. The van der Waals surface area contributed by atoms with E-state index in [0.29, 0.717) is 46.8 Å². The van der Waals surface area contributed by atoms with Crippen LogP contribution in [0, 0.1) is 0 Å². The van der Waals surface area contributed by atoms with E-state index in [2.05, 4.69) is 15.5 Å². The van der Waals surface area contributed by atoms with E-state index in [1.165, 1.54) is 14.2 Å². The normalized spacial score (nSPS) is 20.2. The van der Waals surface area contributed by atoms with Crippen LogP contribution in [0.4, 0.5) is 4.39 Å². The van der Waals surface area contributed by atoms with Crippen LogP contribution in [-0.4, -0.2) is 37.1 Å². The van der Waals surface area contributed by atoms with Gasteiger partial charge in [0.1, 0.15) is 6.17 Å². The first-order valence-electron chi connectivity index (χ1n) is 6.75. The average Bonchev–Trinajstić information content (AvgIpc) is 3.15. The Kier molecular flexibility index (Phi) is 5.67. The minimum Gasteiger partial charge on any atom is -0.493 e. The molecule has 126 valence electrons. The van der Waals surface area contributed by atoms with Crippen molar-refractivity contribution >= 4 is 24.0 Å². The molecule has 0 amide bonds. The lowest BCUT2D eigenvalue weighted by Gasteiger charge is -2.10. The van der Waals surface area contributed by atoms with E-state index in [1.54, 1.807) is 12.1 Å². The summed E-state index contributed by atoms with van der Waals surface area (Å²) < 4.78 is 28.9. The van der Waals surface area contributed by atoms with Crippen LogP contribution in [0.3, 0.4) is 0 Å². The smallest absolute Gasteiger partial charge is 0.244 e. The maximum atomic E-state index is 13.2. The largest absolute Gasteiger partial charge is 0.493 e. The van der Waals surface area contributed by atoms with Gasteiger partial charge in [0.15, 0.2) is 11.5 Å². The Bertz CT molecular complexity index is 683. The second-order valence-electron chi connectivity index (χ2n) is 4.94. The monoisotopic (exact) mass is 363 g/mol. The van der Waals surface area contributed by atoms with Crippen molar-refractivity contribution in [3.05, 3.63) is 23.0 Å². The van der Waals surface area contributed by atoms with E-state index < -0.39 is 6.17 Å². The maximum absolute atomic E-state index is 13.2. The summed E-state index contributed by atoms with van der Waals surface area (Å²) in [6, 6.07) is 3.11. The Hall–Kier alpha value is -1.57. The van der Waals surface area contributed by atoms with Crippen LogP contribution in [-0.2, 0) is 0 Å². The topological polar surface area (TPSA) is 69.4 Å². The molecule has 0 radical (unpaired) electrons. The summed E-state index contributed by atoms with van der Waals surface area (Å²) in [5.74, 6) is 1.64. The molecule has 2 aromatic rings. The summed E-state index contributed by atoms with van der Waals surface area (Å²) >= 11 is 6.16. The van der Waals surface area contributed by atoms with Crippen LogP contribution in [0.1, 0.15) is 18.4 Å². The van der Waals surface area contributed by atoms with Crippen molar-refractivity contribution in [2.45, 2.75) is 18.6 Å². The van der Waals surface area contributed by atoms with Crippen molar-refractivity contribution in [1.82, 2.24) is 15.5 Å². The van der Waals surface area contributed by atoms with E-state index >= 15 is 0 Å². The first kappa shape index (κ1) is 17.8. The van der Waals surface area contributed by atoms with Gasteiger partial charge in [-0.15, -0.1) is 12.4 Å². The number of nitrogens with zero attached hydrogens (tertiary/aromatic N) is 2. The highest BCUT2D eigenvalue weighted by Crippen LogP contribution is 2.38. The lowest BCUT2D eigenvalue weighted by atomic mass is 10.2. The molecule has 9 heteroatoms. The highest BCUT2D eigenvalue weighted by molar-refractivity contribution is 6.32. The third kappa shape index (κ3) is 3.52.